The molecule has 0 radical (unpaired) electrons. The van der Waals surface area contributed by atoms with Gasteiger partial charge in [-0.1, -0.05) is 0 Å². The third-order valence-corrected chi connectivity index (χ3v) is 0. The smallest absolute Gasteiger partial charge is 1.00 e. The molecule has 0 aliphatic rings. The van der Waals surface area contributed by atoms with Gasteiger partial charge in [0.15, 0.2) is 0 Å². The molecule has 0 bridgehead atoms. The maximum Gasteiger partial charge on any atom is 2.00 e. The van der Waals surface area contributed by atoms with E-state index in [0.29, 0.717) is 0 Å². The molecular weight excluding hydrogens is 113 g/mol. The van der Waals surface area contributed by atoms with Crippen molar-refractivity contribution >= 4 is 0 Å². The summed E-state index contributed by atoms with van der Waals surface area (Å²) in [5.41, 5.74) is 0. The Balaban J connectivity index is 0. The van der Waals surface area contributed by atoms with Crippen molar-refractivity contribution in [1.29, 1.82) is 0 Å². The van der Waals surface area contributed by atoms with E-state index in [0.717, 1.165) is 0 Å². The Labute approximate surface area is 32.2 Å². The Hall–Kier alpha value is 0.309. The first-order valence-electron chi connectivity index (χ1n) is 0. The fourth-order valence-corrected chi connectivity index (χ4v) is 0. The zero-order valence-corrected chi connectivity index (χ0v) is 2.62. The number of halogens is 3. The van der Waals surface area contributed by atoms with Crippen LogP contribution >= 0.6 is 0 Å². The predicted molar refractivity (Wildman–Crippen MR) is 2.50 cm³/mol. The molecule has 0 saturated heterocycles. The van der Waals surface area contributed by atoms with Crippen LogP contribution in [0.15, 0.2) is 0 Å². The molecule has 0 heterocycles. The van der Waals surface area contributed by atoms with Gasteiger partial charge in [0.1, 0.15) is 0 Å². The minimum atomic E-state index is 0. The van der Waals surface area contributed by atoms with Gasteiger partial charge in [0.2, 0.25) is 0 Å². The van der Waals surface area contributed by atoms with Crippen LogP contribution in [0, 0.1) is 0 Å². The second kappa shape index (κ2) is 184. The molecule has 0 saturated carbocycles. The van der Waals surface area contributed by atoms with Gasteiger partial charge in [-0.3, -0.25) is 4.70 Å². The molecule has 0 aromatic carbocycles. The normalized spacial score (nSPS) is 0. The average Bonchev–Trinajstić information content (AvgIpc) is 0. The summed E-state index contributed by atoms with van der Waals surface area (Å²) >= 11 is 0. The molecule has 0 fully saturated rings. The Kier molecular flexibility index (Phi) is 22700. The van der Waals surface area contributed by atoms with Crippen molar-refractivity contribution in [2.75, 3.05) is 0 Å². The third-order valence-electron chi connectivity index (χ3n) is 0. The van der Waals surface area contributed by atoms with Gasteiger partial charge in [-0.05, 0) is 0 Å². The van der Waals surface area contributed by atoms with Crippen molar-refractivity contribution in [3.63, 3.8) is 0 Å². The van der Waals surface area contributed by atoms with E-state index >= 15 is 0 Å². The molecule has 0 aromatic heterocycles. The Morgan fingerprint density at radius 1 is 0.750 bits per heavy atom. The van der Waals surface area contributed by atoms with E-state index in [2.05, 4.69) is 0 Å². The van der Waals surface area contributed by atoms with Crippen LogP contribution in [0.4, 0.5) is 4.70 Å². The minimum absolute atomic E-state index is 0. The van der Waals surface area contributed by atoms with Crippen molar-refractivity contribution in [2.24, 2.45) is 0 Å². The van der Waals surface area contributed by atoms with Gasteiger partial charge in [-0.25, -0.2) is 0 Å². The van der Waals surface area contributed by atoms with Crippen molar-refractivity contribution in [2.45, 2.75) is 0 Å². The summed E-state index contributed by atoms with van der Waals surface area (Å²) in [5.74, 6) is 0. The minimum Gasteiger partial charge on any atom is -1.00 e. The zero-order chi connectivity index (χ0) is 0. The summed E-state index contributed by atoms with van der Waals surface area (Å²) in [6.07, 6.45) is 0. The number of hydrogen-bond donors (Lipinski definition) is 0. The van der Waals surface area contributed by atoms with Crippen LogP contribution in [-0.2, 0) is 17.1 Å². The van der Waals surface area contributed by atoms with Crippen LogP contribution in [-0.4, -0.2) is 0 Å². The van der Waals surface area contributed by atoms with Gasteiger partial charge >= 0.3 is 17.1 Å². The van der Waals surface area contributed by atoms with Crippen molar-refractivity contribution in [1.82, 2.24) is 0 Å². The van der Waals surface area contributed by atoms with E-state index in [1.807, 2.05) is 0 Å². The summed E-state index contributed by atoms with van der Waals surface area (Å²) in [7, 11) is 0. The van der Waals surface area contributed by atoms with Crippen molar-refractivity contribution in [3.8, 4) is 0 Å². The van der Waals surface area contributed by atoms with Crippen LogP contribution in [0.3, 0.4) is 0 Å². The molecule has 0 aromatic rings. The van der Waals surface area contributed by atoms with Crippen LogP contribution in [0.5, 0.6) is 0 Å². The van der Waals surface area contributed by atoms with E-state index in [4.69, 9.17) is 0 Å². The third kappa shape index (κ3) is 41.3. The summed E-state index contributed by atoms with van der Waals surface area (Å²) in [5, 5.41) is 0. The topological polar surface area (TPSA) is 0 Å². The van der Waals surface area contributed by atoms with Crippen LogP contribution in [0.2, 0.25) is 0 Å². The van der Waals surface area contributed by atoms with E-state index in [-0.39, 0.29) is 31.2 Å². The van der Waals surface area contributed by atoms with Gasteiger partial charge in [0.25, 0.3) is 0 Å². The maximum absolute atomic E-state index is 0. The number of hydrogen-bond acceptors (Lipinski definition) is 0. The van der Waals surface area contributed by atoms with Crippen LogP contribution in [0.25, 0.3) is 0 Å². The molecule has 0 amide bonds. The molecule has 0 atom stereocenters. The molecule has 4 heteroatoms. The molecule has 0 aliphatic carbocycles. The van der Waals surface area contributed by atoms with Crippen LogP contribution in [0.1, 0.15) is 0 Å². The Morgan fingerprint density at radius 3 is 0.750 bits per heavy atom. The van der Waals surface area contributed by atoms with Gasteiger partial charge < -0.3 is 9.41 Å². The zero-order valence-electron chi connectivity index (χ0n) is 1.52. The van der Waals surface area contributed by atoms with E-state index in [9.17, 15) is 0 Å². The molecule has 30 valence electrons. The van der Waals surface area contributed by atoms with Crippen molar-refractivity contribution in [3.05, 3.63) is 0 Å². The molecule has 0 spiro atoms. The van der Waals surface area contributed by atoms with Gasteiger partial charge in [0.05, 0.1) is 0 Å². The van der Waals surface area contributed by atoms with Gasteiger partial charge in [-0.2, -0.15) is 0 Å². The number of rotatable bonds is 0. The Bertz CT molecular complexity index is 3.25. The van der Waals surface area contributed by atoms with Gasteiger partial charge in [-0.15, -0.1) is 0 Å². The second-order valence-electron chi connectivity index (χ2n) is 0. The molecule has 4 heavy (non-hydrogen) atoms. The summed E-state index contributed by atoms with van der Waals surface area (Å²) in [6.45, 7) is 0. The first kappa shape index (κ1) is 493. The predicted octanol–water partition coefficient (Wildman–Crippen LogP) is -5.84. The molecular formula is HF3Fe. The maximum atomic E-state index is 0. The SMILES string of the molecule is F.[F-].[F-].[Fe+2]. The van der Waals surface area contributed by atoms with E-state index < -0.39 is 0 Å². The largest absolute Gasteiger partial charge is 2.00 e. The van der Waals surface area contributed by atoms with E-state index in [1.165, 1.54) is 0 Å². The molecule has 0 unspecified atom stereocenters. The first-order valence-corrected chi connectivity index (χ1v) is 0. The van der Waals surface area contributed by atoms with Gasteiger partial charge in [0, 0.05) is 0 Å². The fraction of sp³-hybridized carbons (Fsp3) is 0. The molecule has 0 nitrogen and oxygen atoms in total. The van der Waals surface area contributed by atoms with Crippen molar-refractivity contribution < 1.29 is 31.2 Å². The molecule has 0 aliphatic heterocycles. The summed E-state index contributed by atoms with van der Waals surface area (Å²) < 4.78 is 0. The molecule has 0 N–H and O–H groups in total. The first-order chi connectivity index (χ1) is 0. The fourth-order valence-electron chi connectivity index (χ4n) is 0. The average molecular weight is 114 g/mol. The quantitative estimate of drug-likeness (QED) is 0.275. The summed E-state index contributed by atoms with van der Waals surface area (Å²) in [6, 6.07) is 0. The second-order valence-corrected chi connectivity index (χ2v) is 0. The monoisotopic (exact) mass is 114 g/mol. The summed E-state index contributed by atoms with van der Waals surface area (Å²) in [4.78, 5) is 0. The molecule has 0 rings (SSSR count). The van der Waals surface area contributed by atoms with Crippen LogP contribution < -0.4 is 9.41 Å². The Morgan fingerprint density at radius 2 is 0.750 bits per heavy atom. The standard InChI is InChI=1S/3FH.Fe/h3*1H;/q;;;+2/p-2. The van der Waals surface area contributed by atoms with E-state index in [1.54, 1.807) is 0 Å².